The minimum absolute atomic E-state index is 0.0179. The normalized spacial score (nSPS) is 26.7. The van der Waals surface area contributed by atoms with Crippen LogP contribution in [0.1, 0.15) is 86.6 Å². The van der Waals surface area contributed by atoms with E-state index in [-0.39, 0.29) is 36.2 Å². The number of carbonyl (C=O) groups excluding carboxylic acids is 3. The fraction of sp³-hybridized carbons (Fsp3) is 0.690. The third-order valence-corrected chi connectivity index (χ3v) is 8.84. The number of Topliss-reactive ketones (excluding diaryl/α,β-unsaturated/α-hetero) is 1. The summed E-state index contributed by atoms with van der Waals surface area (Å²) in [5, 5.41) is 3.10. The lowest BCUT2D eigenvalue weighted by atomic mass is 9.83. The zero-order valence-corrected chi connectivity index (χ0v) is 21.6. The van der Waals surface area contributed by atoms with Crippen LogP contribution in [0.25, 0.3) is 0 Å². The molecule has 5 rings (SSSR count). The summed E-state index contributed by atoms with van der Waals surface area (Å²) in [6.07, 6.45) is 9.19. The van der Waals surface area contributed by atoms with E-state index in [2.05, 4.69) is 29.3 Å². The van der Waals surface area contributed by atoms with E-state index in [1.54, 1.807) is 4.90 Å². The summed E-state index contributed by atoms with van der Waals surface area (Å²) in [6, 6.07) is 6.92. The Kier molecular flexibility index (Phi) is 8.06. The highest BCUT2D eigenvalue weighted by Gasteiger charge is 2.49. The molecule has 1 N–H and O–H groups in total. The van der Waals surface area contributed by atoms with Crippen LogP contribution in [-0.2, 0) is 14.3 Å². The lowest BCUT2D eigenvalue weighted by Crippen LogP contribution is -2.55. The standard InChI is InChI=1S/C29H41N3O4/c1-2-15-31-16-12-21(13-17-31)20-8-10-23(11-9-20)28(34)30-26(22-6-4-3-5-7-22)29(35)32-18-14-25-27(32)24(33)19-36-25/h8-11,21-22,25-27H,2-7,12-19H2,1H3,(H,30,34)/t25-,26+,27+/m1/s1. The Hall–Kier alpha value is -2.25. The molecule has 0 aromatic heterocycles. The predicted octanol–water partition coefficient (Wildman–Crippen LogP) is 3.52. The van der Waals surface area contributed by atoms with E-state index in [0.29, 0.717) is 24.4 Å². The van der Waals surface area contributed by atoms with Gasteiger partial charge in [-0.2, -0.15) is 0 Å². The summed E-state index contributed by atoms with van der Waals surface area (Å²) < 4.78 is 5.59. The molecular formula is C29H41N3O4. The second-order valence-corrected chi connectivity index (χ2v) is 11.2. The molecule has 7 heteroatoms. The number of rotatable bonds is 7. The van der Waals surface area contributed by atoms with Crippen LogP contribution in [0.4, 0.5) is 0 Å². The van der Waals surface area contributed by atoms with Gasteiger partial charge in [-0.15, -0.1) is 0 Å². The molecule has 3 saturated heterocycles. The lowest BCUT2D eigenvalue weighted by molar-refractivity contribution is -0.139. The fourth-order valence-electron chi connectivity index (χ4n) is 6.81. The Bertz CT molecular complexity index is 934. The molecule has 0 bridgehead atoms. The number of hydrogen-bond acceptors (Lipinski definition) is 5. The van der Waals surface area contributed by atoms with E-state index < -0.39 is 12.1 Å². The van der Waals surface area contributed by atoms with Gasteiger partial charge in [0, 0.05) is 12.1 Å². The van der Waals surface area contributed by atoms with Gasteiger partial charge in [0.25, 0.3) is 5.91 Å². The highest BCUT2D eigenvalue weighted by atomic mass is 16.5. The second kappa shape index (κ2) is 11.4. The van der Waals surface area contributed by atoms with Crippen LogP contribution < -0.4 is 5.32 Å². The molecule has 3 aliphatic heterocycles. The molecule has 4 aliphatic rings. The van der Waals surface area contributed by atoms with Gasteiger partial charge in [0.15, 0.2) is 5.78 Å². The molecule has 7 nitrogen and oxygen atoms in total. The number of nitrogens with zero attached hydrogens (tertiary/aromatic N) is 2. The number of fused-ring (bicyclic) bond motifs is 1. The van der Waals surface area contributed by atoms with Gasteiger partial charge < -0.3 is 19.9 Å². The van der Waals surface area contributed by atoms with Crippen molar-refractivity contribution in [1.82, 2.24) is 15.1 Å². The van der Waals surface area contributed by atoms with E-state index in [1.807, 2.05) is 12.1 Å². The van der Waals surface area contributed by atoms with Crippen molar-refractivity contribution in [3.63, 3.8) is 0 Å². The van der Waals surface area contributed by atoms with E-state index >= 15 is 0 Å². The van der Waals surface area contributed by atoms with Crippen LogP contribution in [0.3, 0.4) is 0 Å². The summed E-state index contributed by atoms with van der Waals surface area (Å²) in [5.41, 5.74) is 1.89. The predicted molar refractivity (Wildman–Crippen MR) is 138 cm³/mol. The third kappa shape index (κ3) is 5.37. The summed E-state index contributed by atoms with van der Waals surface area (Å²) in [7, 11) is 0. The summed E-state index contributed by atoms with van der Waals surface area (Å²) >= 11 is 0. The van der Waals surface area contributed by atoms with Crippen molar-refractivity contribution >= 4 is 17.6 Å². The van der Waals surface area contributed by atoms with Gasteiger partial charge in [-0.25, -0.2) is 0 Å². The van der Waals surface area contributed by atoms with E-state index in [1.165, 1.54) is 24.9 Å². The number of carbonyl (C=O) groups is 3. The quantitative estimate of drug-likeness (QED) is 0.626. The zero-order chi connectivity index (χ0) is 25.1. The second-order valence-electron chi connectivity index (χ2n) is 11.2. The molecular weight excluding hydrogens is 454 g/mol. The summed E-state index contributed by atoms with van der Waals surface area (Å²) in [5.74, 6) is 0.320. The number of piperidine rings is 1. The highest BCUT2D eigenvalue weighted by molar-refractivity contribution is 5.99. The van der Waals surface area contributed by atoms with Crippen molar-refractivity contribution in [1.29, 1.82) is 0 Å². The van der Waals surface area contributed by atoms with Gasteiger partial charge in [-0.1, -0.05) is 38.3 Å². The minimum atomic E-state index is -0.590. The van der Waals surface area contributed by atoms with E-state index in [4.69, 9.17) is 4.74 Å². The van der Waals surface area contributed by atoms with Crippen molar-refractivity contribution in [2.75, 3.05) is 32.8 Å². The molecule has 196 valence electrons. The van der Waals surface area contributed by atoms with Crippen molar-refractivity contribution in [2.45, 2.75) is 88.8 Å². The summed E-state index contributed by atoms with van der Waals surface area (Å²) in [6.45, 7) is 6.28. The van der Waals surface area contributed by atoms with Gasteiger partial charge in [0.1, 0.15) is 18.7 Å². The van der Waals surface area contributed by atoms with Gasteiger partial charge in [-0.3, -0.25) is 14.4 Å². The first kappa shape index (κ1) is 25.4. The minimum Gasteiger partial charge on any atom is -0.368 e. The van der Waals surface area contributed by atoms with Crippen LogP contribution in [0.2, 0.25) is 0 Å². The monoisotopic (exact) mass is 495 g/mol. The molecule has 36 heavy (non-hydrogen) atoms. The van der Waals surface area contributed by atoms with Crippen molar-refractivity contribution in [3.05, 3.63) is 35.4 Å². The van der Waals surface area contributed by atoms with E-state index in [9.17, 15) is 14.4 Å². The zero-order valence-electron chi connectivity index (χ0n) is 21.6. The number of amides is 2. The first-order valence-corrected chi connectivity index (χ1v) is 14.1. The number of benzene rings is 1. The van der Waals surface area contributed by atoms with Crippen LogP contribution in [-0.4, -0.2) is 78.4 Å². The maximum absolute atomic E-state index is 13.7. The van der Waals surface area contributed by atoms with Crippen LogP contribution in [0, 0.1) is 5.92 Å². The first-order valence-electron chi connectivity index (χ1n) is 14.1. The molecule has 1 aromatic carbocycles. The SMILES string of the molecule is CCCN1CCC(c2ccc(C(=O)N[C@H](C(=O)N3CC[C@H]4OCC(=O)[C@@H]43)C3CCCCC3)cc2)CC1. The van der Waals surface area contributed by atoms with E-state index in [0.717, 1.165) is 51.6 Å². The molecule has 0 radical (unpaired) electrons. The number of nitrogens with one attached hydrogen (secondary N) is 1. The Morgan fingerprint density at radius 2 is 1.72 bits per heavy atom. The Balaban J connectivity index is 1.26. The largest absolute Gasteiger partial charge is 0.368 e. The van der Waals surface area contributed by atoms with Crippen LogP contribution in [0.15, 0.2) is 24.3 Å². The summed E-state index contributed by atoms with van der Waals surface area (Å²) in [4.78, 5) is 43.7. The Labute approximate surface area is 214 Å². The molecule has 3 heterocycles. The first-order chi connectivity index (χ1) is 17.5. The maximum atomic E-state index is 13.7. The third-order valence-electron chi connectivity index (χ3n) is 8.84. The molecule has 3 atom stereocenters. The Morgan fingerprint density at radius 3 is 2.42 bits per heavy atom. The highest BCUT2D eigenvalue weighted by Crippen LogP contribution is 2.32. The molecule has 2 amide bonds. The number of likely N-dealkylation sites (tertiary alicyclic amines) is 2. The lowest BCUT2D eigenvalue weighted by Gasteiger charge is -2.34. The molecule has 1 saturated carbocycles. The van der Waals surface area contributed by atoms with Crippen molar-refractivity contribution in [2.24, 2.45) is 5.92 Å². The fourth-order valence-corrected chi connectivity index (χ4v) is 6.81. The molecule has 4 fully saturated rings. The molecule has 0 spiro atoms. The average molecular weight is 496 g/mol. The van der Waals surface area contributed by atoms with Crippen molar-refractivity contribution < 1.29 is 19.1 Å². The maximum Gasteiger partial charge on any atom is 0.251 e. The van der Waals surface area contributed by atoms with Gasteiger partial charge in [0.05, 0.1) is 6.10 Å². The molecule has 1 aromatic rings. The van der Waals surface area contributed by atoms with Crippen molar-refractivity contribution in [3.8, 4) is 0 Å². The van der Waals surface area contributed by atoms with Gasteiger partial charge in [-0.05, 0) is 87.7 Å². The van der Waals surface area contributed by atoms with Crippen LogP contribution in [0.5, 0.6) is 0 Å². The number of ketones is 1. The van der Waals surface area contributed by atoms with Gasteiger partial charge in [0.2, 0.25) is 5.91 Å². The number of hydrogen-bond donors (Lipinski definition) is 1. The molecule has 1 aliphatic carbocycles. The Morgan fingerprint density at radius 1 is 1.00 bits per heavy atom. The average Bonchev–Trinajstić information content (AvgIpc) is 3.51. The van der Waals surface area contributed by atoms with Crippen LogP contribution >= 0.6 is 0 Å². The smallest absolute Gasteiger partial charge is 0.251 e. The number of ether oxygens (including phenoxy) is 1. The van der Waals surface area contributed by atoms with Gasteiger partial charge >= 0.3 is 0 Å². The molecule has 0 unspecified atom stereocenters. The topological polar surface area (TPSA) is 79.0 Å².